The average molecular weight is 348 g/mol. The Hall–Kier alpha value is -3.00. The second kappa shape index (κ2) is 6.72. The molecule has 132 valence electrons. The van der Waals surface area contributed by atoms with Gasteiger partial charge in [0.15, 0.2) is 11.5 Å². The highest BCUT2D eigenvalue weighted by Crippen LogP contribution is 2.47. The highest BCUT2D eigenvalue weighted by molar-refractivity contribution is 5.91. The molecule has 0 unspecified atom stereocenters. The molecule has 5 nitrogen and oxygen atoms in total. The molecule has 1 spiro atoms. The Bertz CT molecular complexity index is 862. The molecule has 1 saturated carbocycles. The third-order valence-corrected chi connectivity index (χ3v) is 4.91. The molecule has 2 aromatic carbocycles. The SMILES string of the molecule is N#Cc1ccc(CCC(=O)Nc2ccc3c(c2)OC2(CCCC2)O3)cc1. The van der Waals surface area contributed by atoms with Gasteiger partial charge in [0.25, 0.3) is 5.79 Å². The van der Waals surface area contributed by atoms with Crippen LogP contribution in [0.2, 0.25) is 0 Å². The van der Waals surface area contributed by atoms with Crippen molar-refractivity contribution in [1.29, 1.82) is 5.26 Å². The van der Waals surface area contributed by atoms with Gasteiger partial charge in [-0.05, 0) is 49.1 Å². The summed E-state index contributed by atoms with van der Waals surface area (Å²) < 4.78 is 12.0. The highest BCUT2D eigenvalue weighted by Gasteiger charge is 2.44. The van der Waals surface area contributed by atoms with Gasteiger partial charge in [0.2, 0.25) is 5.91 Å². The standard InChI is InChI=1S/C21H20N2O3/c22-14-16-5-3-15(4-6-16)7-10-20(24)23-17-8-9-18-19(13-17)26-21(25-18)11-1-2-12-21/h3-6,8-9,13H,1-2,7,10-12H2,(H,23,24). The maximum absolute atomic E-state index is 12.2. The van der Waals surface area contributed by atoms with E-state index >= 15 is 0 Å². The van der Waals surface area contributed by atoms with Crippen LogP contribution in [0.3, 0.4) is 0 Å². The van der Waals surface area contributed by atoms with Crippen molar-refractivity contribution in [2.45, 2.75) is 44.3 Å². The summed E-state index contributed by atoms with van der Waals surface area (Å²) >= 11 is 0. The largest absolute Gasteiger partial charge is 0.448 e. The van der Waals surface area contributed by atoms with Crippen molar-refractivity contribution in [3.63, 3.8) is 0 Å². The number of ether oxygens (including phenoxy) is 2. The number of nitrogens with zero attached hydrogens (tertiary/aromatic N) is 1. The predicted octanol–water partition coefficient (Wildman–Crippen LogP) is 4.17. The fraction of sp³-hybridized carbons (Fsp3) is 0.333. The van der Waals surface area contributed by atoms with Gasteiger partial charge in [-0.15, -0.1) is 0 Å². The van der Waals surface area contributed by atoms with Crippen LogP contribution in [-0.2, 0) is 11.2 Å². The lowest BCUT2D eigenvalue weighted by Crippen LogP contribution is -2.34. The van der Waals surface area contributed by atoms with Crippen LogP contribution in [0.25, 0.3) is 0 Å². The molecule has 1 heterocycles. The number of benzene rings is 2. The normalized spacial score (nSPS) is 16.4. The Balaban J connectivity index is 1.34. The molecule has 4 rings (SSSR count). The second-order valence-corrected chi connectivity index (χ2v) is 6.84. The second-order valence-electron chi connectivity index (χ2n) is 6.84. The first-order chi connectivity index (χ1) is 12.7. The fourth-order valence-corrected chi connectivity index (χ4v) is 3.52. The third-order valence-electron chi connectivity index (χ3n) is 4.91. The Morgan fingerprint density at radius 1 is 1.08 bits per heavy atom. The molecule has 2 aliphatic rings. The lowest BCUT2D eigenvalue weighted by molar-refractivity contribution is -0.116. The molecule has 26 heavy (non-hydrogen) atoms. The van der Waals surface area contributed by atoms with Crippen molar-refractivity contribution in [2.24, 2.45) is 0 Å². The molecule has 0 atom stereocenters. The summed E-state index contributed by atoms with van der Waals surface area (Å²) in [6, 6.07) is 14.9. The first kappa shape index (κ1) is 16.5. The summed E-state index contributed by atoms with van der Waals surface area (Å²) in [5.74, 6) is 0.920. The number of amides is 1. The van der Waals surface area contributed by atoms with Crippen LogP contribution in [0, 0.1) is 11.3 Å². The van der Waals surface area contributed by atoms with Crippen LogP contribution >= 0.6 is 0 Å². The zero-order chi connectivity index (χ0) is 18.0. The van der Waals surface area contributed by atoms with Gasteiger partial charge in [0, 0.05) is 31.0 Å². The molecule has 1 aliphatic heterocycles. The zero-order valence-electron chi connectivity index (χ0n) is 14.5. The molecular formula is C21H20N2O3. The Morgan fingerprint density at radius 3 is 2.54 bits per heavy atom. The molecule has 5 heteroatoms. The minimum absolute atomic E-state index is 0.0520. The van der Waals surface area contributed by atoms with E-state index in [0.717, 1.165) is 37.0 Å². The molecule has 1 amide bonds. The van der Waals surface area contributed by atoms with Crippen LogP contribution in [0.15, 0.2) is 42.5 Å². The van der Waals surface area contributed by atoms with Crippen molar-refractivity contribution in [2.75, 3.05) is 5.32 Å². The smallest absolute Gasteiger partial charge is 0.251 e. The van der Waals surface area contributed by atoms with Gasteiger partial charge in [0.1, 0.15) is 0 Å². The summed E-state index contributed by atoms with van der Waals surface area (Å²) in [5.41, 5.74) is 2.37. The van der Waals surface area contributed by atoms with Crippen molar-refractivity contribution < 1.29 is 14.3 Å². The van der Waals surface area contributed by atoms with Crippen molar-refractivity contribution >= 4 is 11.6 Å². The number of hydrogen-bond donors (Lipinski definition) is 1. The molecule has 1 N–H and O–H groups in total. The number of nitrogens with one attached hydrogen (secondary N) is 1. The van der Waals surface area contributed by atoms with Gasteiger partial charge < -0.3 is 14.8 Å². The van der Waals surface area contributed by atoms with E-state index in [4.69, 9.17) is 14.7 Å². The molecule has 0 aromatic heterocycles. The lowest BCUT2D eigenvalue weighted by atomic mass is 10.1. The Kier molecular flexibility index (Phi) is 4.26. The number of carbonyl (C=O) groups is 1. The summed E-state index contributed by atoms with van der Waals surface area (Å²) in [6.45, 7) is 0. The third kappa shape index (κ3) is 3.36. The van der Waals surface area contributed by atoms with Crippen LogP contribution in [0.1, 0.15) is 43.2 Å². The molecule has 2 aromatic rings. The van der Waals surface area contributed by atoms with E-state index in [1.807, 2.05) is 30.3 Å². The van der Waals surface area contributed by atoms with Gasteiger partial charge in [0.05, 0.1) is 11.6 Å². The summed E-state index contributed by atoms with van der Waals surface area (Å²) in [4.78, 5) is 12.2. The number of nitriles is 1. The topological polar surface area (TPSA) is 71.4 Å². The minimum Gasteiger partial charge on any atom is -0.448 e. The van der Waals surface area contributed by atoms with E-state index in [1.54, 1.807) is 12.1 Å². The summed E-state index contributed by atoms with van der Waals surface area (Å²) in [5, 5.41) is 11.7. The monoisotopic (exact) mass is 348 g/mol. The van der Waals surface area contributed by atoms with Crippen LogP contribution in [-0.4, -0.2) is 11.7 Å². The van der Waals surface area contributed by atoms with Gasteiger partial charge in [-0.25, -0.2) is 0 Å². The number of rotatable bonds is 4. The fourth-order valence-electron chi connectivity index (χ4n) is 3.52. The number of carbonyl (C=O) groups excluding carboxylic acids is 1. The number of hydrogen-bond acceptors (Lipinski definition) is 4. The quantitative estimate of drug-likeness (QED) is 0.900. The van der Waals surface area contributed by atoms with Crippen molar-refractivity contribution in [3.8, 4) is 17.6 Å². The van der Waals surface area contributed by atoms with Crippen molar-refractivity contribution in [3.05, 3.63) is 53.6 Å². The molecule has 0 bridgehead atoms. The van der Waals surface area contributed by atoms with E-state index in [-0.39, 0.29) is 5.91 Å². The maximum atomic E-state index is 12.2. The van der Waals surface area contributed by atoms with Gasteiger partial charge in [-0.3, -0.25) is 4.79 Å². The number of anilines is 1. The van der Waals surface area contributed by atoms with E-state index in [2.05, 4.69) is 11.4 Å². The van der Waals surface area contributed by atoms with Crippen LogP contribution < -0.4 is 14.8 Å². The Labute approximate surface area is 152 Å². The first-order valence-electron chi connectivity index (χ1n) is 8.97. The zero-order valence-corrected chi connectivity index (χ0v) is 14.5. The van der Waals surface area contributed by atoms with E-state index in [9.17, 15) is 4.79 Å². The summed E-state index contributed by atoms with van der Waals surface area (Å²) in [7, 11) is 0. The predicted molar refractivity (Wildman–Crippen MR) is 97.0 cm³/mol. The molecule has 1 fully saturated rings. The van der Waals surface area contributed by atoms with Crippen LogP contribution in [0.5, 0.6) is 11.5 Å². The molecule has 0 radical (unpaired) electrons. The molecular weight excluding hydrogens is 328 g/mol. The molecule has 1 aliphatic carbocycles. The van der Waals surface area contributed by atoms with Gasteiger partial charge >= 0.3 is 0 Å². The lowest BCUT2D eigenvalue weighted by Gasteiger charge is -2.21. The van der Waals surface area contributed by atoms with Gasteiger partial charge in [-0.2, -0.15) is 5.26 Å². The van der Waals surface area contributed by atoms with Gasteiger partial charge in [-0.1, -0.05) is 12.1 Å². The maximum Gasteiger partial charge on any atom is 0.251 e. The van der Waals surface area contributed by atoms with E-state index < -0.39 is 5.79 Å². The molecule has 0 saturated heterocycles. The average Bonchev–Trinajstić information content (AvgIpc) is 3.26. The van der Waals surface area contributed by atoms with E-state index in [0.29, 0.717) is 29.8 Å². The number of aryl methyl sites for hydroxylation is 1. The van der Waals surface area contributed by atoms with E-state index in [1.165, 1.54) is 0 Å². The highest BCUT2D eigenvalue weighted by atomic mass is 16.7. The summed E-state index contributed by atoms with van der Waals surface area (Å²) in [6.07, 6.45) is 5.07. The van der Waals surface area contributed by atoms with Crippen LogP contribution in [0.4, 0.5) is 5.69 Å². The minimum atomic E-state index is -0.486. The first-order valence-corrected chi connectivity index (χ1v) is 8.97. The number of fused-ring (bicyclic) bond motifs is 1. The Morgan fingerprint density at radius 2 is 1.81 bits per heavy atom. The van der Waals surface area contributed by atoms with Crippen molar-refractivity contribution in [1.82, 2.24) is 0 Å².